The molecule has 4 heteroatoms. The van der Waals surface area contributed by atoms with Crippen molar-refractivity contribution in [1.82, 2.24) is 0 Å². The summed E-state index contributed by atoms with van der Waals surface area (Å²) in [6, 6.07) is 0. The molecule has 0 aliphatic rings. The largest absolute Gasteiger partial charge is 0.390 e. The summed E-state index contributed by atoms with van der Waals surface area (Å²) in [5, 5.41) is 19.3. The minimum absolute atomic E-state index is 0. The molecule has 0 spiro atoms. The second kappa shape index (κ2) is 7.50. The summed E-state index contributed by atoms with van der Waals surface area (Å²) in [7, 11) is 0. The van der Waals surface area contributed by atoms with E-state index in [2.05, 4.69) is 48.5 Å². The summed E-state index contributed by atoms with van der Waals surface area (Å²) in [4.78, 5) is 4.89. The van der Waals surface area contributed by atoms with Gasteiger partial charge in [-0.25, -0.2) is 4.89 Å². The zero-order chi connectivity index (χ0) is 15.7. The second-order valence-electron chi connectivity index (χ2n) is 8.76. The summed E-state index contributed by atoms with van der Waals surface area (Å²) in [6.45, 7) is 18.5. The van der Waals surface area contributed by atoms with Crippen LogP contribution in [0.2, 0.25) is 0 Å². The molecule has 0 aliphatic heterocycles. The Bertz CT molecular complexity index is 285. The second-order valence-corrected chi connectivity index (χ2v) is 8.76. The van der Waals surface area contributed by atoms with Gasteiger partial charge in [0, 0.05) is 32.7 Å². The zero-order valence-electron chi connectivity index (χ0n) is 14.9. The molecule has 0 amide bonds. The van der Waals surface area contributed by atoms with E-state index in [9.17, 15) is 10.4 Å². The van der Waals surface area contributed by atoms with Crippen LogP contribution in [0.15, 0.2) is 0 Å². The third-order valence-corrected chi connectivity index (χ3v) is 4.78. The molecular formula is C16H34O3Y. The number of hydrogen-bond acceptors (Lipinski definition) is 3. The summed E-state index contributed by atoms with van der Waals surface area (Å²) in [5.41, 5.74) is -1.09. The molecule has 0 aliphatic carbocycles. The summed E-state index contributed by atoms with van der Waals surface area (Å²) in [5.74, 6) is 0. The molecule has 119 valence electrons. The van der Waals surface area contributed by atoms with Crippen molar-refractivity contribution >= 4 is 0 Å². The van der Waals surface area contributed by atoms with Gasteiger partial charge < -0.3 is 5.11 Å². The maximum absolute atomic E-state index is 9.89. The average Bonchev–Trinajstić information content (AvgIpc) is 2.12. The third kappa shape index (κ3) is 6.40. The fourth-order valence-corrected chi connectivity index (χ4v) is 2.40. The first-order valence-corrected chi connectivity index (χ1v) is 7.18. The summed E-state index contributed by atoms with van der Waals surface area (Å²) < 4.78 is 0. The van der Waals surface area contributed by atoms with Gasteiger partial charge >= 0.3 is 0 Å². The van der Waals surface area contributed by atoms with E-state index < -0.39 is 5.60 Å². The van der Waals surface area contributed by atoms with Crippen molar-refractivity contribution in [2.75, 3.05) is 0 Å². The molecule has 20 heavy (non-hydrogen) atoms. The Morgan fingerprint density at radius 3 is 1.50 bits per heavy atom. The zero-order valence-corrected chi connectivity index (χ0v) is 17.7. The minimum Gasteiger partial charge on any atom is -0.390 e. The fraction of sp³-hybridized carbons (Fsp3) is 1.00. The molecule has 1 unspecified atom stereocenters. The van der Waals surface area contributed by atoms with Crippen LogP contribution >= 0.6 is 0 Å². The van der Waals surface area contributed by atoms with Crippen LogP contribution in [0.5, 0.6) is 0 Å². The standard InChI is InChI=1S/C16H34O3.Y/c1-13(2,3)16(8,9)12(19-18)14(4,5)10-11-15(6,7)17;/h12,17-18H,10-11H2,1-9H3;. The molecule has 0 saturated carbocycles. The van der Waals surface area contributed by atoms with Crippen molar-refractivity contribution in [2.45, 2.75) is 86.9 Å². The average molecular weight is 363 g/mol. The molecule has 1 atom stereocenters. The predicted molar refractivity (Wildman–Crippen MR) is 80.1 cm³/mol. The Kier molecular flexibility index (Phi) is 8.72. The molecular weight excluding hydrogens is 329 g/mol. The Labute approximate surface area is 150 Å². The molecule has 1 radical (unpaired) electrons. The maximum atomic E-state index is 9.89. The molecule has 0 heterocycles. The smallest absolute Gasteiger partial charge is 0.103 e. The van der Waals surface area contributed by atoms with Crippen LogP contribution in [0.3, 0.4) is 0 Å². The van der Waals surface area contributed by atoms with Crippen LogP contribution in [0.4, 0.5) is 0 Å². The van der Waals surface area contributed by atoms with Crippen LogP contribution < -0.4 is 0 Å². The Balaban J connectivity index is 0. The fourth-order valence-electron chi connectivity index (χ4n) is 2.40. The van der Waals surface area contributed by atoms with E-state index in [1.165, 1.54) is 0 Å². The predicted octanol–water partition coefficient (Wildman–Crippen LogP) is 4.49. The first-order chi connectivity index (χ1) is 8.15. The molecule has 0 aromatic rings. The van der Waals surface area contributed by atoms with Crippen molar-refractivity contribution in [1.29, 1.82) is 0 Å². The first-order valence-electron chi connectivity index (χ1n) is 7.18. The van der Waals surface area contributed by atoms with E-state index in [1.807, 2.05) is 13.8 Å². The molecule has 2 N–H and O–H groups in total. The van der Waals surface area contributed by atoms with Gasteiger partial charge in [-0.05, 0) is 42.9 Å². The van der Waals surface area contributed by atoms with Crippen LogP contribution in [-0.2, 0) is 37.6 Å². The van der Waals surface area contributed by atoms with Crippen molar-refractivity contribution in [3.8, 4) is 0 Å². The topological polar surface area (TPSA) is 49.7 Å². The Morgan fingerprint density at radius 1 is 0.850 bits per heavy atom. The van der Waals surface area contributed by atoms with Gasteiger partial charge in [-0.15, -0.1) is 0 Å². The molecule has 3 nitrogen and oxygen atoms in total. The van der Waals surface area contributed by atoms with E-state index in [4.69, 9.17) is 4.89 Å². The molecule has 0 rings (SSSR count). The van der Waals surface area contributed by atoms with Gasteiger partial charge in [0.2, 0.25) is 0 Å². The van der Waals surface area contributed by atoms with Crippen molar-refractivity contribution in [3.63, 3.8) is 0 Å². The molecule has 0 aromatic heterocycles. The van der Waals surface area contributed by atoms with Gasteiger partial charge in [-0.1, -0.05) is 48.5 Å². The monoisotopic (exact) mass is 363 g/mol. The van der Waals surface area contributed by atoms with Gasteiger partial charge in [0.15, 0.2) is 0 Å². The number of rotatable bonds is 6. The van der Waals surface area contributed by atoms with Gasteiger partial charge in [0.1, 0.15) is 6.10 Å². The van der Waals surface area contributed by atoms with E-state index in [0.29, 0.717) is 6.42 Å². The molecule has 0 aromatic carbocycles. The molecule has 0 saturated heterocycles. The van der Waals surface area contributed by atoms with Gasteiger partial charge in [0.25, 0.3) is 0 Å². The van der Waals surface area contributed by atoms with E-state index >= 15 is 0 Å². The third-order valence-electron chi connectivity index (χ3n) is 4.78. The Hall–Kier alpha value is 0.984. The summed E-state index contributed by atoms with van der Waals surface area (Å²) >= 11 is 0. The van der Waals surface area contributed by atoms with Gasteiger partial charge in [-0.2, -0.15) is 0 Å². The van der Waals surface area contributed by atoms with E-state index in [1.54, 1.807) is 0 Å². The first kappa shape index (κ1) is 23.3. The summed E-state index contributed by atoms with van der Waals surface area (Å²) in [6.07, 6.45) is 1.18. The van der Waals surface area contributed by atoms with Gasteiger partial charge in [-0.3, -0.25) is 5.26 Å². The van der Waals surface area contributed by atoms with Crippen molar-refractivity contribution in [2.24, 2.45) is 16.2 Å². The van der Waals surface area contributed by atoms with E-state index in [-0.39, 0.29) is 55.1 Å². The van der Waals surface area contributed by atoms with Crippen LogP contribution in [0.1, 0.15) is 75.2 Å². The molecule has 0 fully saturated rings. The van der Waals surface area contributed by atoms with Gasteiger partial charge in [0.05, 0.1) is 5.60 Å². The van der Waals surface area contributed by atoms with Crippen LogP contribution in [-0.4, -0.2) is 22.1 Å². The van der Waals surface area contributed by atoms with E-state index in [0.717, 1.165) is 6.42 Å². The van der Waals surface area contributed by atoms with Crippen molar-refractivity contribution < 1.29 is 48.0 Å². The van der Waals surface area contributed by atoms with Crippen molar-refractivity contribution in [3.05, 3.63) is 0 Å². The number of hydrogen-bond donors (Lipinski definition) is 2. The maximum Gasteiger partial charge on any atom is 0.103 e. The van der Waals surface area contributed by atoms with Crippen LogP contribution in [0, 0.1) is 16.2 Å². The normalized spacial score (nSPS) is 15.8. The molecule has 0 bridgehead atoms. The SMILES string of the molecule is CC(C)(O)CCC(C)(C)C(OO)C(C)(C)C(C)(C)C.[Y]. The van der Waals surface area contributed by atoms with Crippen LogP contribution in [0.25, 0.3) is 0 Å². The number of aliphatic hydroxyl groups is 1. The quantitative estimate of drug-likeness (QED) is 0.540. The minimum atomic E-state index is -0.691. The Morgan fingerprint density at radius 2 is 1.25 bits per heavy atom.